The molecular weight excluding hydrogens is 214 g/mol. The quantitative estimate of drug-likeness (QED) is 0.814. The van der Waals surface area contributed by atoms with Gasteiger partial charge < -0.3 is 5.73 Å². The van der Waals surface area contributed by atoms with E-state index in [9.17, 15) is 13.2 Å². The third kappa shape index (κ3) is 3.71. The predicted molar refractivity (Wildman–Crippen MR) is 57.1 cm³/mol. The van der Waals surface area contributed by atoms with Crippen molar-refractivity contribution < 1.29 is 13.2 Å². The van der Waals surface area contributed by atoms with Gasteiger partial charge in [0.15, 0.2) is 9.84 Å². The lowest BCUT2D eigenvalue weighted by Gasteiger charge is -2.01. The summed E-state index contributed by atoms with van der Waals surface area (Å²) in [6.07, 6.45) is 1.98. The van der Waals surface area contributed by atoms with Crippen LogP contribution < -0.4 is 5.73 Å². The summed E-state index contributed by atoms with van der Waals surface area (Å²) in [6, 6.07) is 6.45. The molecule has 0 unspecified atom stereocenters. The van der Waals surface area contributed by atoms with Gasteiger partial charge in [0.1, 0.15) is 0 Å². The van der Waals surface area contributed by atoms with Crippen LogP contribution in [0.1, 0.15) is 12.0 Å². The fourth-order valence-corrected chi connectivity index (χ4v) is 1.80. The van der Waals surface area contributed by atoms with Crippen molar-refractivity contribution >= 4 is 15.7 Å². The average molecular weight is 227 g/mol. The molecule has 4 nitrogen and oxygen atoms in total. The number of nitrogens with two attached hydrogens (primary N) is 1. The minimum absolute atomic E-state index is 0.276. The van der Waals surface area contributed by atoms with Crippen LogP contribution in [0.5, 0.6) is 0 Å². The van der Waals surface area contributed by atoms with Crippen LogP contribution in [-0.2, 0) is 21.1 Å². The van der Waals surface area contributed by atoms with Gasteiger partial charge in [-0.05, 0) is 24.1 Å². The highest BCUT2D eigenvalue weighted by atomic mass is 32.2. The first kappa shape index (κ1) is 11.7. The Hall–Kier alpha value is -1.36. The summed E-state index contributed by atoms with van der Waals surface area (Å²) in [4.78, 5) is 10.8. The van der Waals surface area contributed by atoms with E-state index in [0.29, 0.717) is 6.42 Å². The molecule has 1 aromatic carbocycles. The van der Waals surface area contributed by atoms with E-state index in [0.717, 1.165) is 11.8 Å². The van der Waals surface area contributed by atoms with Crippen molar-refractivity contribution in [2.75, 3.05) is 6.26 Å². The monoisotopic (exact) mass is 227 g/mol. The average Bonchev–Trinajstić information content (AvgIpc) is 2.14. The van der Waals surface area contributed by atoms with Crippen LogP contribution in [0, 0.1) is 0 Å². The number of hydrogen-bond donors (Lipinski definition) is 1. The van der Waals surface area contributed by atoms with Gasteiger partial charge in [-0.15, -0.1) is 0 Å². The minimum atomic E-state index is -3.14. The molecule has 0 fully saturated rings. The second-order valence-corrected chi connectivity index (χ2v) is 5.40. The topological polar surface area (TPSA) is 77.2 Å². The first-order chi connectivity index (χ1) is 6.89. The van der Waals surface area contributed by atoms with Gasteiger partial charge >= 0.3 is 0 Å². The maximum absolute atomic E-state index is 11.1. The zero-order valence-electron chi connectivity index (χ0n) is 8.43. The number of primary amides is 1. The normalized spacial score (nSPS) is 11.3. The molecule has 0 aliphatic heterocycles. The molecule has 1 rings (SSSR count). The van der Waals surface area contributed by atoms with Crippen molar-refractivity contribution in [3.63, 3.8) is 0 Å². The summed E-state index contributed by atoms with van der Waals surface area (Å²) >= 11 is 0. The van der Waals surface area contributed by atoms with Crippen molar-refractivity contribution in [1.29, 1.82) is 0 Å². The van der Waals surface area contributed by atoms with Crippen LogP contribution in [0.4, 0.5) is 0 Å². The van der Waals surface area contributed by atoms with Gasteiger partial charge in [-0.25, -0.2) is 8.42 Å². The molecule has 1 aromatic rings. The highest BCUT2D eigenvalue weighted by molar-refractivity contribution is 7.90. The Kier molecular flexibility index (Phi) is 3.47. The van der Waals surface area contributed by atoms with Gasteiger partial charge in [0.25, 0.3) is 0 Å². The van der Waals surface area contributed by atoms with Crippen LogP contribution in [-0.4, -0.2) is 20.6 Å². The fraction of sp³-hybridized carbons (Fsp3) is 0.300. The molecule has 0 aliphatic rings. The SMILES string of the molecule is CS(=O)(=O)c1ccc(CCC(N)=O)cc1. The fourth-order valence-electron chi connectivity index (χ4n) is 1.17. The molecule has 1 amide bonds. The lowest BCUT2D eigenvalue weighted by atomic mass is 10.1. The van der Waals surface area contributed by atoms with Crippen molar-refractivity contribution in [2.24, 2.45) is 5.73 Å². The molecule has 0 heterocycles. The smallest absolute Gasteiger partial charge is 0.217 e. The minimum Gasteiger partial charge on any atom is -0.370 e. The Morgan fingerprint density at radius 1 is 1.27 bits per heavy atom. The van der Waals surface area contributed by atoms with Crippen LogP contribution in [0.2, 0.25) is 0 Å². The third-order valence-corrected chi connectivity index (χ3v) is 3.14. The molecular formula is C10H13NO3S. The third-order valence-electron chi connectivity index (χ3n) is 2.01. The first-order valence-corrected chi connectivity index (χ1v) is 6.36. The zero-order chi connectivity index (χ0) is 11.5. The number of amides is 1. The van der Waals surface area contributed by atoms with Gasteiger partial charge in [0.05, 0.1) is 4.90 Å². The second-order valence-electron chi connectivity index (χ2n) is 3.38. The van der Waals surface area contributed by atoms with Crippen LogP contribution in [0.25, 0.3) is 0 Å². The summed E-state index contributed by atoms with van der Waals surface area (Å²) in [5.41, 5.74) is 5.91. The Morgan fingerprint density at radius 2 is 1.80 bits per heavy atom. The molecule has 0 bridgehead atoms. The standard InChI is InChI=1S/C10H13NO3S/c1-15(13,14)9-5-2-8(3-6-9)4-7-10(11)12/h2-3,5-6H,4,7H2,1H3,(H2,11,12). The lowest BCUT2D eigenvalue weighted by Crippen LogP contribution is -2.11. The van der Waals surface area contributed by atoms with Crippen LogP contribution in [0.15, 0.2) is 29.2 Å². The van der Waals surface area contributed by atoms with Crippen molar-refractivity contribution in [3.05, 3.63) is 29.8 Å². The summed E-state index contributed by atoms with van der Waals surface area (Å²) in [5.74, 6) is -0.359. The second kappa shape index (κ2) is 4.44. The van der Waals surface area contributed by atoms with Gasteiger partial charge in [0.2, 0.25) is 5.91 Å². The molecule has 82 valence electrons. The van der Waals surface area contributed by atoms with E-state index in [-0.39, 0.29) is 17.2 Å². The molecule has 0 saturated heterocycles. The number of hydrogen-bond acceptors (Lipinski definition) is 3. The lowest BCUT2D eigenvalue weighted by molar-refractivity contribution is -0.117. The number of aryl methyl sites for hydroxylation is 1. The Morgan fingerprint density at radius 3 is 2.20 bits per heavy atom. The summed E-state index contributed by atoms with van der Waals surface area (Å²) in [5, 5.41) is 0. The van der Waals surface area contributed by atoms with Crippen molar-refractivity contribution in [2.45, 2.75) is 17.7 Å². The van der Waals surface area contributed by atoms with E-state index in [2.05, 4.69) is 0 Å². The van der Waals surface area contributed by atoms with E-state index >= 15 is 0 Å². The van der Waals surface area contributed by atoms with Crippen LogP contribution in [0.3, 0.4) is 0 Å². The number of benzene rings is 1. The Labute approximate surface area is 89.0 Å². The Balaban J connectivity index is 2.77. The van der Waals surface area contributed by atoms with Gasteiger partial charge in [-0.3, -0.25) is 4.79 Å². The number of carbonyl (C=O) groups excluding carboxylic acids is 1. The molecule has 0 radical (unpaired) electrons. The van der Waals surface area contributed by atoms with E-state index in [1.807, 2.05) is 0 Å². The molecule has 15 heavy (non-hydrogen) atoms. The molecule has 2 N–H and O–H groups in total. The molecule has 5 heteroatoms. The summed E-state index contributed by atoms with van der Waals surface area (Å²) < 4.78 is 22.3. The maximum atomic E-state index is 11.1. The van der Waals surface area contributed by atoms with Crippen LogP contribution >= 0.6 is 0 Å². The number of sulfone groups is 1. The Bertz CT molecular complexity index is 448. The van der Waals surface area contributed by atoms with Gasteiger partial charge in [-0.1, -0.05) is 12.1 Å². The summed E-state index contributed by atoms with van der Waals surface area (Å²) in [6.45, 7) is 0. The molecule has 0 aromatic heterocycles. The van der Waals surface area contributed by atoms with Gasteiger partial charge in [0, 0.05) is 12.7 Å². The molecule has 0 aliphatic carbocycles. The van der Waals surface area contributed by atoms with E-state index in [1.165, 1.54) is 12.1 Å². The predicted octanol–water partition coefficient (Wildman–Crippen LogP) is 0.508. The summed E-state index contributed by atoms with van der Waals surface area (Å²) in [7, 11) is -3.14. The number of carbonyl (C=O) groups is 1. The highest BCUT2D eigenvalue weighted by Crippen LogP contribution is 2.11. The maximum Gasteiger partial charge on any atom is 0.217 e. The molecule has 0 saturated carbocycles. The van der Waals surface area contributed by atoms with E-state index in [1.54, 1.807) is 12.1 Å². The first-order valence-electron chi connectivity index (χ1n) is 4.47. The van der Waals surface area contributed by atoms with Gasteiger partial charge in [-0.2, -0.15) is 0 Å². The van der Waals surface area contributed by atoms with Crippen molar-refractivity contribution in [3.8, 4) is 0 Å². The van der Waals surface area contributed by atoms with E-state index < -0.39 is 9.84 Å². The molecule has 0 spiro atoms. The zero-order valence-corrected chi connectivity index (χ0v) is 9.25. The molecule has 0 atom stereocenters. The largest absolute Gasteiger partial charge is 0.370 e. The van der Waals surface area contributed by atoms with E-state index in [4.69, 9.17) is 5.73 Å². The number of rotatable bonds is 4. The highest BCUT2D eigenvalue weighted by Gasteiger charge is 2.06. The van der Waals surface area contributed by atoms with Crippen molar-refractivity contribution in [1.82, 2.24) is 0 Å².